The highest BCUT2D eigenvalue weighted by molar-refractivity contribution is 7.99. The number of hydrogen-bond donors (Lipinski definition) is 1. The van der Waals surface area contributed by atoms with Crippen molar-refractivity contribution in [3.63, 3.8) is 0 Å². The summed E-state index contributed by atoms with van der Waals surface area (Å²) in [5, 5.41) is 8.96. The zero-order chi connectivity index (χ0) is 15.7. The van der Waals surface area contributed by atoms with Gasteiger partial charge in [0.2, 0.25) is 0 Å². The van der Waals surface area contributed by atoms with E-state index in [1.54, 1.807) is 13.2 Å². The number of thioether (sulfide) groups is 1. The maximum atomic E-state index is 12.6. The number of aliphatic hydroxyl groups is 1. The Kier molecular flexibility index (Phi) is 8.10. The molecule has 0 aromatic heterocycles. The third-order valence-corrected chi connectivity index (χ3v) is 3.84. The van der Waals surface area contributed by atoms with Crippen LogP contribution in [0.25, 0.3) is 0 Å². The zero-order valence-electron chi connectivity index (χ0n) is 11.9. The van der Waals surface area contributed by atoms with Crippen LogP contribution in [0.5, 0.6) is 0 Å². The van der Waals surface area contributed by atoms with E-state index in [1.165, 1.54) is 17.8 Å². The number of ether oxygens (including phenoxy) is 1. The molecule has 1 aromatic rings. The molecule has 0 unspecified atom stereocenters. The molecule has 1 rings (SSSR count). The molecular formula is C14H20F3NO2S. The number of methoxy groups -OCH3 is 1. The minimum atomic E-state index is -4.31. The Morgan fingerprint density at radius 3 is 2.62 bits per heavy atom. The van der Waals surface area contributed by atoms with Crippen LogP contribution in [0.1, 0.15) is 5.56 Å². The molecule has 0 bridgehead atoms. The van der Waals surface area contributed by atoms with Crippen molar-refractivity contribution in [2.45, 2.75) is 11.1 Å². The van der Waals surface area contributed by atoms with Crippen LogP contribution in [0.3, 0.4) is 0 Å². The molecule has 0 radical (unpaired) electrons. The summed E-state index contributed by atoms with van der Waals surface area (Å²) in [4.78, 5) is 2.62. The predicted octanol–water partition coefficient (Wildman–Crippen LogP) is 2.74. The molecule has 1 aromatic carbocycles. The monoisotopic (exact) mass is 323 g/mol. The van der Waals surface area contributed by atoms with Gasteiger partial charge in [0, 0.05) is 37.4 Å². The SMILES string of the molecule is COCCN(CCO)CCSc1cccc(C(F)(F)F)c1. The Labute approximate surface area is 127 Å². The van der Waals surface area contributed by atoms with Crippen LogP contribution >= 0.6 is 11.8 Å². The van der Waals surface area contributed by atoms with E-state index in [4.69, 9.17) is 9.84 Å². The number of alkyl halides is 3. The van der Waals surface area contributed by atoms with Gasteiger partial charge in [0.1, 0.15) is 0 Å². The highest BCUT2D eigenvalue weighted by Crippen LogP contribution is 2.31. The first-order valence-electron chi connectivity index (χ1n) is 6.59. The molecular weight excluding hydrogens is 303 g/mol. The average Bonchev–Trinajstić information content (AvgIpc) is 2.44. The van der Waals surface area contributed by atoms with Crippen LogP contribution in [0.15, 0.2) is 29.2 Å². The molecule has 120 valence electrons. The first-order valence-corrected chi connectivity index (χ1v) is 7.58. The van der Waals surface area contributed by atoms with Crippen LogP contribution in [0, 0.1) is 0 Å². The Morgan fingerprint density at radius 1 is 1.24 bits per heavy atom. The van der Waals surface area contributed by atoms with Gasteiger partial charge < -0.3 is 9.84 Å². The fourth-order valence-corrected chi connectivity index (χ4v) is 2.72. The topological polar surface area (TPSA) is 32.7 Å². The largest absolute Gasteiger partial charge is 0.416 e. The standard InChI is InChI=1S/C14H20F3NO2S/c1-20-9-6-18(5-8-19)7-10-21-13-4-2-3-12(11-13)14(15,16)17/h2-4,11,19H,5-10H2,1H3. The van der Waals surface area contributed by atoms with E-state index in [0.717, 1.165) is 12.1 Å². The van der Waals surface area contributed by atoms with Gasteiger partial charge in [0.25, 0.3) is 0 Å². The minimum Gasteiger partial charge on any atom is -0.395 e. The lowest BCUT2D eigenvalue weighted by Crippen LogP contribution is -2.32. The summed E-state index contributed by atoms with van der Waals surface area (Å²) < 4.78 is 42.8. The third-order valence-electron chi connectivity index (χ3n) is 2.87. The predicted molar refractivity (Wildman–Crippen MR) is 77.6 cm³/mol. The molecule has 0 amide bonds. The molecule has 21 heavy (non-hydrogen) atoms. The van der Waals surface area contributed by atoms with Crippen molar-refractivity contribution in [1.29, 1.82) is 0 Å². The van der Waals surface area contributed by atoms with Crippen LogP contribution in [-0.2, 0) is 10.9 Å². The van der Waals surface area contributed by atoms with Crippen molar-refractivity contribution < 1.29 is 23.0 Å². The zero-order valence-corrected chi connectivity index (χ0v) is 12.7. The van der Waals surface area contributed by atoms with E-state index in [9.17, 15) is 13.2 Å². The molecule has 0 aliphatic heterocycles. The number of aliphatic hydroxyl groups excluding tert-OH is 1. The van der Waals surface area contributed by atoms with Gasteiger partial charge in [-0.1, -0.05) is 6.07 Å². The van der Waals surface area contributed by atoms with Gasteiger partial charge in [-0.15, -0.1) is 11.8 Å². The number of hydrogen-bond acceptors (Lipinski definition) is 4. The number of nitrogens with zero attached hydrogens (tertiary/aromatic N) is 1. The molecule has 0 heterocycles. The molecule has 0 aliphatic rings. The van der Waals surface area contributed by atoms with E-state index >= 15 is 0 Å². The van der Waals surface area contributed by atoms with Crippen molar-refractivity contribution in [2.24, 2.45) is 0 Å². The maximum Gasteiger partial charge on any atom is 0.416 e. The van der Waals surface area contributed by atoms with Crippen LogP contribution in [-0.4, -0.2) is 55.7 Å². The van der Waals surface area contributed by atoms with Gasteiger partial charge in [0.15, 0.2) is 0 Å². The summed E-state index contributed by atoms with van der Waals surface area (Å²) in [6.07, 6.45) is -4.31. The average molecular weight is 323 g/mol. The Bertz CT molecular complexity index is 415. The van der Waals surface area contributed by atoms with Crippen LogP contribution in [0.4, 0.5) is 13.2 Å². The molecule has 1 N–H and O–H groups in total. The second-order valence-electron chi connectivity index (χ2n) is 4.43. The van der Waals surface area contributed by atoms with E-state index < -0.39 is 11.7 Å². The second kappa shape index (κ2) is 9.30. The molecule has 0 spiro atoms. The summed E-state index contributed by atoms with van der Waals surface area (Å²) in [5.41, 5.74) is -0.626. The summed E-state index contributed by atoms with van der Waals surface area (Å²) in [5.74, 6) is 0.658. The van der Waals surface area contributed by atoms with Gasteiger partial charge in [-0.25, -0.2) is 0 Å². The number of benzene rings is 1. The van der Waals surface area contributed by atoms with Crippen molar-refractivity contribution in [2.75, 3.05) is 45.7 Å². The third kappa shape index (κ3) is 7.17. The molecule has 0 aliphatic carbocycles. The van der Waals surface area contributed by atoms with Gasteiger partial charge >= 0.3 is 6.18 Å². The first-order chi connectivity index (χ1) is 9.97. The van der Waals surface area contributed by atoms with Crippen molar-refractivity contribution in [3.8, 4) is 0 Å². The lowest BCUT2D eigenvalue weighted by atomic mass is 10.2. The van der Waals surface area contributed by atoms with Gasteiger partial charge in [0.05, 0.1) is 18.8 Å². The van der Waals surface area contributed by atoms with Crippen molar-refractivity contribution in [3.05, 3.63) is 29.8 Å². The molecule has 7 heteroatoms. The molecule has 0 fully saturated rings. The molecule has 0 saturated carbocycles. The van der Waals surface area contributed by atoms with E-state index in [-0.39, 0.29) is 6.61 Å². The normalized spacial score (nSPS) is 12.1. The summed E-state index contributed by atoms with van der Waals surface area (Å²) >= 11 is 1.37. The quantitative estimate of drug-likeness (QED) is 0.708. The van der Waals surface area contributed by atoms with E-state index in [1.807, 2.05) is 4.90 Å². The van der Waals surface area contributed by atoms with Crippen LogP contribution < -0.4 is 0 Å². The molecule has 3 nitrogen and oxygen atoms in total. The van der Waals surface area contributed by atoms with Crippen molar-refractivity contribution in [1.82, 2.24) is 4.90 Å². The maximum absolute atomic E-state index is 12.6. The van der Waals surface area contributed by atoms with Gasteiger partial charge in [-0.2, -0.15) is 13.2 Å². The van der Waals surface area contributed by atoms with Crippen molar-refractivity contribution >= 4 is 11.8 Å². The van der Waals surface area contributed by atoms with Gasteiger partial charge in [-0.05, 0) is 18.2 Å². The second-order valence-corrected chi connectivity index (χ2v) is 5.60. The summed E-state index contributed by atoms with van der Waals surface area (Å²) in [6.45, 7) is 2.53. The highest BCUT2D eigenvalue weighted by Gasteiger charge is 2.30. The lowest BCUT2D eigenvalue weighted by Gasteiger charge is -2.20. The van der Waals surface area contributed by atoms with Crippen LogP contribution in [0.2, 0.25) is 0 Å². The fourth-order valence-electron chi connectivity index (χ4n) is 1.75. The Hall–Kier alpha value is -0.760. The molecule has 0 saturated heterocycles. The number of halogens is 3. The fraction of sp³-hybridized carbons (Fsp3) is 0.571. The van der Waals surface area contributed by atoms with E-state index in [0.29, 0.717) is 36.9 Å². The lowest BCUT2D eigenvalue weighted by molar-refractivity contribution is -0.137. The van der Waals surface area contributed by atoms with E-state index in [2.05, 4.69) is 0 Å². The smallest absolute Gasteiger partial charge is 0.395 e. The Morgan fingerprint density at radius 2 is 2.00 bits per heavy atom. The minimum absolute atomic E-state index is 0.0535. The highest BCUT2D eigenvalue weighted by atomic mass is 32.2. The summed E-state index contributed by atoms with van der Waals surface area (Å²) in [6, 6.07) is 5.32. The van der Waals surface area contributed by atoms with Gasteiger partial charge in [-0.3, -0.25) is 4.90 Å². The summed E-state index contributed by atoms with van der Waals surface area (Å²) in [7, 11) is 1.61. The first kappa shape index (κ1) is 18.3. The molecule has 0 atom stereocenters. The number of rotatable bonds is 9. The Balaban J connectivity index is 2.47.